The zero-order chi connectivity index (χ0) is 22.2. The molecule has 0 atom stereocenters. The maximum Gasteiger partial charge on any atom is 0.250 e. The Labute approximate surface area is 185 Å². The molecule has 0 unspecified atom stereocenters. The van der Waals surface area contributed by atoms with Crippen molar-refractivity contribution in [1.82, 2.24) is 4.98 Å². The smallest absolute Gasteiger partial charge is 0.250 e. The molecule has 1 heterocycles. The van der Waals surface area contributed by atoms with Gasteiger partial charge in [0.15, 0.2) is 0 Å². The lowest BCUT2D eigenvalue weighted by molar-refractivity contribution is 0.0987. The Morgan fingerprint density at radius 1 is 0.967 bits per heavy atom. The fourth-order valence-corrected chi connectivity index (χ4v) is 3.92. The highest BCUT2D eigenvalue weighted by atomic mass is 35.5. The topological polar surface area (TPSA) is 99.1 Å². The fourth-order valence-electron chi connectivity index (χ4n) is 3.36. The predicted octanol–water partition coefficient (Wildman–Crippen LogP) is 5.22. The molecule has 2 amide bonds. The van der Waals surface area contributed by atoms with Crippen LogP contribution in [0.1, 0.15) is 47.1 Å². The lowest BCUT2D eigenvalue weighted by atomic mass is 9.79. The Balaban J connectivity index is 2.42. The van der Waals surface area contributed by atoms with Crippen molar-refractivity contribution in [3.05, 3.63) is 75.4 Å². The van der Waals surface area contributed by atoms with E-state index in [1.54, 1.807) is 36.5 Å². The van der Waals surface area contributed by atoms with E-state index < -0.39 is 17.2 Å². The van der Waals surface area contributed by atoms with E-state index >= 15 is 0 Å². The third kappa shape index (κ3) is 4.04. The maximum atomic E-state index is 12.5. The zero-order valence-electron chi connectivity index (χ0n) is 16.8. The highest BCUT2D eigenvalue weighted by Crippen LogP contribution is 2.42. The van der Waals surface area contributed by atoms with Crippen LogP contribution >= 0.6 is 23.2 Å². The van der Waals surface area contributed by atoms with Crippen LogP contribution in [-0.4, -0.2) is 16.8 Å². The molecule has 2 aromatic carbocycles. The fraction of sp³-hybridized carbons (Fsp3) is 0.174. The highest BCUT2D eigenvalue weighted by molar-refractivity contribution is 6.38. The summed E-state index contributed by atoms with van der Waals surface area (Å²) in [7, 11) is 0. The molecule has 0 spiro atoms. The number of nitrogens with zero attached hydrogens (tertiary/aromatic N) is 1. The van der Waals surface area contributed by atoms with Crippen LogP contribution in [0.25, 0.3) is 22.4 Å². The van der Waals surface area contributed by atoms with Crippen LogP contribution < -0.4 is 11.5 Å². The van der Waals surface area contributed by atoms with Crippen molar-refractivity contribution in [2.24, 2.45) is 11.5 Å². The molecule has 5 nitrogen and oxygen atoms in total. The van der Waals surface area contributed by atoms with E-state index in [9.17, 15) is 9.59 Å². The summed E-state index contributed by atoms with van der Waals surface area (Å²) >= 11 is 13.0. The van der Waals surface area contributed by atoms with Crippen molar-refractivity contribution in [2.45, 2.75) is 26.2 Å². The molecule has 4 N–H and O–H groups in total. The summed E-state index contributed by atoms with van der Waals surface area (Å²) in [4.78, 5) is 29.0. The van der Waals surface area contributed by atoms with Crippen LogP contribution in [0.4, 0.5) is 0 Å². The summed E-state index contributed by atoms with van der Waals surface area (Å²) in [5, 5.41) is 0.551. The highest BCUT2D eigenvalue weighted by Gasteiger charge is 2.29. The van der Waals surface area contributed by atoms with E-state index in [-0.39, 0.29) is 16.1 Å². The molecular formula is C23H21Cl2N3O2. The van der Waals surface area contributed by atoms with Gasteiger partial charge >= 0.3 is 0 Å². The van der Waals surface area contributed by atoms with Crippen LogP contribution in [0.2, 0.25) is 10.0 Å². The first-order chi connectivity index (χ1) is 14.0. The van der Waals surface area contributed by atoms with E-state index in [4.69, 9.17) is 34.7 Å². The normalized spacial score (nSPS) is 11.4. The van der Waals surface area contributed by atoms with Crippen LogP contribution in [0.15, 0.2) is 48.7 Å². The summed E-state index contributed by atoms with van der Waals surface area (Å²) in [5.41, 5.74) is 14.0. The van der Waals surface area contributed by atoms with Gasteiger partial charge in [-0.15, -0.1) is 0 Å². The minimum Gasteiger partial charge on any atom is -0.366 e. The number of hydrogen-bond acceptors (Lipinski definition) is 3. The Hall–Kier alpha value is -2.89. The molecular weight excluding hydrogens is 421 g/mol. The number of amides is 2. The Morgan fingerprint density at radius 2 is 1.67 bits per heavy atom. The summed E-state index contributed by atoms with van der Waals surface area (Å²) in [5.74, 6) is -1.34. The molecule has 7 heteroatoms. The van der Waals surface area contributed by atoms with Gasteiger partial charge in [0.1, 0.15) is 0 Å². The molecule has 1 aromatic heterocycles. The van der Waals surface area contributed by atoms with E-state index in [0.717, 1.165) is 0 Å². The first kappa shape index (κ1) is 21.8. The van der Waals surface area contributed by atoms with Crippen LogP contribution in [0, 0.1) is 0 Å². The van der Waals surface area contributed by atoms with E-state index in [0.29, 0.717) is 33.0 Å². The van der Waals surface area contributed by atoms with Crippen molar-refractivity contribution in [3.8, 4) is 22.4 Å². The second-order valence-corrected chi connectivity index (χ2v) is 8.71. The minimum absolute atomic E-state index is 0.0681. The van der Waals surface area contributed by atoms with Gasteiger partial charge in [-0.05, 0) is 46.9 Å². The SMILES string of the molecule is CC(C)(C)c1cc(C(N)=O)c(Cl)c(-c2ccc(Cl)c(-c3ccccn3)c2)c1C(N)=O. The quantitative estimate of drug-likeness (QED) is 0.580. The third-order valence-corrected chi connectivity index (χ3v) is 5.50. The summed E-state index contributed by atoms with van der Waals surface area (Å²) in [6.45, 7) is 5.75. The van der Waals surface area contributed by atoms with E-state index in [2.05, 4.69) is 4.98 Å². The number of carbonyl (C=O) groups excluding carboxylic acids is 2. The van der Waals surface area contributed by atoms with Gasteiger partial charge in [0.25, 0.3) is 0 Å². The summed E-state index contributed by atoms with van der Waals surface area (Å²) in [6, 6.07) is 12.2. The van der Waals surface area contributed by atoms with Gasteiger partial charge in [-0.25, -0.2) is 0 Å². The Kier molecular flexibility index (Phi) is 5.88. The van der Waals surface area contributed by atoms with Gasteiger partial charge < -0.3 is 11.5 Å². The molecule has 0 bridgehead atoms. The summed E-state index contributed by atoms with van der Waals surface area (Å²) < 4.78 is 0. The van der Waals surface area contributed by atoms with Gasteiger partial charge in [0, 0.05) is 22.3 Å². The molecule has 3 rings (SSSR count). The second kappa shape index (κ2) is 8.09. The van der Waals surface area contributed by atoms with Crippen LogP contribution in [0.3, 0.4) is 0 Å². The molecule has 0 aliphatic carbocycles. The van der Waals surface area contributed by atoms with Crippen molar-refractivity contribution >= 4 is 35.0 Å². The lowest BCUT2D eigenvalue weighted by Gasteiger charge is -2.26. The minimum atomic E-state index is -0.693. The van der Waals surface area contributed by atoms with E-state index in [1.807, 2.05) is 32.9 Å². The molecule has 0 saturated heterocycles. The lowest BCUT2D eigenvalue weighted by Crippen LogP contribution is -2.24. The number of primary amides is 2. The zero-order valence-corrected chi connectivity index (χ0v) is 18.3. The number of nitrogens with two attached hydrogens (primary N) is 2. The van der Waals surface area contributed by atoms with Crippen molar-refractivity contribution in [1.29, 1.82) is 0 Å². The van der Waals surface area contributed by atoms with Crippen molar-refractivity contribution < 1.29 is 9.59 Å². The monoisotopic (exact) mass is 441 g/mol. The number of halogens is 2. The maximum absolute atomic E-state index is 12.5. The number of benzene rings is 2. The second-order valence-electron chi connectivity index (χ2n) is 7.92. The first-order valence-corrected chi connectivity index (χ1v) is 9.96. The molecule has 30 heavy (non-hydrogen) atoms. The van der Waals surface area contributed by atoms with Crippen molar-refractivity contribution in [2.75, 3.05) is 0 Å². The van der Waals surface area contributed by atoms with E-state index in [1.165, 1.54) is 0 Å². The molecule has 0 radical (unpaired) electrons. The number of aromatic nitrogens is 1. The average Bonchev–Trinajstić information content (AvgIpc) is 2.67. The molecule has 0 fully saturated rings. The number of rotatable bonds is 4. The van der Waals surface area contributed by atoms with Crippen LogP contribution in [0.5, 0.6) is 0 Å². The van der Waals surface area contributed by atoms with Gasteiger partial charge in [0.05, 0.1) is 21.8 Å². The molecule has 154 valence electrons. The predicted molar refractivity (Wildman–Crippen MR) is 121 cm³/mol. The molecule has 3 aromatic rings. The molecule has 0 saturated carbocycles. The van der Waals surface area contributed by atoms with Crippen LogP contribution in [-0.2, 0) is 5.41 Å². The van der Waals surface area contributed by atoms with Gasteiger partial charge in [-0.1, -0.05) is 56.1 Å². The van der Waals surface area contributed by atoms with Gasteiger partial charge in [0.2, 0.25) is 11.8 Å². The largest absolute Gasteiger partial charge is 0.366 e. The molecule has 0 aliphatic rings. The Bertz CT molecular complexity index is 1150. The average molecular weight is 442 g/mol. The standard InChI is InChI=1S/C23H21Cl2N3O2/c1-23(2,3)15-11-14(21(26)29)20(25)18(19(15)22(27)30)12-7-8-16(24)13(10-12)17-6-4-5-9-28-17/h4-11H,1-3H3,(H2,26,29)(H2,27,30). The Morgan fingerprint density at radius 3 is 2.20 bits per heavy atom. The number of carbonyl (C=O) groups is 2. The van der Waals surface area contributed by atoms with Crippen molar-refractivity contribution in [3.63, 3.8) is 0 Å². The number of hydrogen-bond donors (Lipinski definition) is 2. The number of pyridine rings is 1. The first-order valence-electron chi connectivity index (χ1n) is 9.20. The third-order valence-electron chi connectivity index (χ3n) is 4.78. The molecule has 0 aliphatic heterocycles. The van der Waals surface area contributed by atoms with Gasteiger partial charge in [-0.3, -0.25) is 14.6 Å². The summed E-state index contributed by atoms with van der Waals surface area (Å²) in [6.07, 6.45) is 1.66. The van der Waals surface area contributed by atoms with Gasteiger partial charge in [-0.2, -0.15) is 0 Å².